The van der Waals surface area contributed by atoms with E-state index in [1.807, 2.05) is 34.9 Å². The van der Waals surface area contributed by atoms with E-state index in [1.165, 1.54) is 0 Å². The van der Waals surface area contributed by atoms with Gasteiger partial charge in [-0.15, -0.1) is 0 Å². The fourth-order valence-corrected chi connectivity index (χ4v) is 1.75. The Labute approximate surface area is 92.2 Å². The van der Waals surface area contributed by atoms with Crippen LogP contribution in [0.4, 0.5) is 4.79 Å². The lowest BCUT2D eigenvalue weighted by Crippen LogP contribution is -2.66. The Morgan fingerprint density at radius 2 is 1.93 bits per heavy atom. The summed E-state index contributed by atoms with van der Waals surface area (Å²) in [4.78, 5) is 15.6. The molecule has 0 aromatic heterocycles. The van der Waals surface area contributed by atoms with Gasteiger partial charge >= 0.3 is 6.09 Å². The third-order valence-corrected chi connectivity index (χ3v) is 2.72. The molecule has 0 aromatic carbocycles. The summed E-state index contributed by atoms with van der Waals surface area (Å²) in [6.45, 7) is 8.48. The maximum absolute atomic E-state index is 11.7. The van der Waals surface area contributed by atoms with Gasteiger partial charge in [-0.3, -0.25) is 0 Å². The van der Waals surface area contributed by atoms with Crippen molar-refractivity contribution in [3.05, 3.63) is 0 Å². The largest absolute Gasteiger partial charge is 0.444 e. The Kier molecular flexibility index (Phi) is 3.28. The number of rotatable bonds is 1. The maximum atomic E-state index is 11.7. The predicted octanol–water partition coefficient (Wildman–Crippen LogP) is 1.56. The molecule has 1 aliphatic heterocycles. The fourth-order valence-electron chi connectivity index (χ4n) is 1.75. The van der Waals surface area contributed by atoms with Gasteiger partial charge in [0.25, 0.3) is 0 Å². The molecule has 0 aromatic rings. The molecule has 88 valence electrons. The summed E-state index contributed by atoms with van der Waals surface area (Å²) in [7, 11) is 4.07. The molecule has 1 rings (SSSR count). The van der Waals surface area contributed by atoms with Crippen molar-refractivity contribution in [3.8, 4) is 0 Å². The Hall–Kier alpha value is -0.770. The average molecular weight is 214 g/mol. The third kappa shape index (κ3) is 2.84. The van der Waals surface area contributed by atoms with Crippen molar-refractivity contribution in [3.63, 3.8) is 0 Å². The van der Waals surface area contributed by atoms with Crippen molar-refractivity contribution in [2.45, 2.75) is 45.4 Å². The lowest BCUT2D eigenvalue weighted by molar-refractivity contribution is -0.0332. The minimum atomic E-state index is -0.403. The zero-order chi connectivity index (χ0) is 11.8. The van der Waals surface area contributed by atoms with E-state index in [1.54, 1.807) is 4.90 Å². The van der Waals surface area contributed by atoms with E-state index < -0.39 is 5.60 Å². The highest BCUT2D eigenvalue weighted by Crippen LogP contribution is 2.23. The van der Waals surface area contributed by atoms with Crippen LogP contribution in [-0.2, 0) is 4.74 Å². The van der Waals surface area contributed by atoms with Crippen LogP contribution in [0.2, 0.25) is 0 Å². The van der Waals surface area contributed by atoms with Crippen molar-refractivity contribution in [1.29, 1.82) is 0 Å². The standard InChI is InChI=1S/C11H22N2O2/c1-8-9(12(5)6)7-13(8)10(14)15-11(2,3)4/h8-9H,7H2,1-6H3. The molecule has 1 aliphatic rings. The Morgan fingerprint density at radius 3 is 2.27 bits per heavy atom. The number of likely N-dealkylation sites (N-methyl/N-ethyl adjacent to an activating group) is 1. The van der Waals surface area contributed by atoms with Crippen LogP contribution in [0.15, 0.2) is 0 Å². The van der Waals surface area contributed by atoms with Gasteiger partial charge in [0.2, 0.25) is 0 Å². The molecule has 1 saturated heterocycles. The number of carbonyl (C=O) groups is 1. The monoisotopic (exact) mass is 214 g/mol. The van der Waals surface area contributed by atoms with Crippen LogP contribution < -0.4 is 0 Å². The molecule has 1 amide bonds. The highest BCUT2D eigenvalue weighted by molar-refractivity contribution is 5.70. The average Bonchev–Trinajstić information content (AvgIpc) is 1.97. The molecule has 0 N–H and O–H groups in total. The summed E-state index contributed by atoms with van der Waals surface area (Å²) in [6.07, 6.45) is -0.201. The molecular weight excluding hydrogens is 192 g/mol. The molecular formula is C11H22N2O2. The van der Waals surface area contributed by atoms with Gasteiger partial charge in [0.15, 0.2) is 0 Å². The van der Waals surface area contributed by atoms with Gasteiger partial charge in [0.1, 0.15) is 5.60 Å². The van der Waals surface area contributed by atoms with Crippen LogP contribution in [-0.4, -0.2) is 54.2 Å². The molecule has 2 atom stereocenters. The minimum absolute atomic E-state index is 0.201. The zero-order valence-corrected chi connectivity index (χ0v) is 10.6. The first-order valence-electron chi connectivity index (χ1n) is 5.38. The topological polar surface area (TPSA) is 32.8 Å². The summed E-state index contributed by atoms with van der Waals surface area (Å²) in [5.41, 5.74) is -0.403. The van der Waals surface area contributed by atoms with Crippen molar-refractivity contribution in [2.24, 2.45) is 0 Å². The van der Waals surface area contributed by atoms with E-state index in [0.717, 1.165) is 6.54 Å². The first-order valence-corrected chi connectivity index (χ1v) is 5.38. The van der Waals surface area contributed by atoms with Crippen molar-refractivity contribution >= 4 is 6.09 Å². The van der Waals surface area contributed by atoms with Gasteiger partial charge in [-0.05, 0) is 41.8 Å². The second-order valence-electron chi connectivity index (χ2n) is 5.40. The molecule has 0 saturated carbocycles. The molecule has 1 fully saturated rings. The maximum Gasteiger partial charge on any atom is 0.410 e. The van der Waals surface area contributed by atoms with Crippen molar-refractivity contribution in [1.82, 2.24) is 9.80 Å². The van der Waals surface area contributed by atoms with E-state index in [9.17, 15) is 4.79 Å². The van der Waals surface area contributed by atoms with Gasteiger partial charge in [0.05, 0.1) is 0 Å². The second kappa shape index (κ2) is 4.00. The van der Waals surface area contributed by atoms with Crippen LogP contribution in [0.1, 0.15) is 27.7 Å². The van der Waals surface area contributed by atoms with Crippen LogP contribution in [0.5, 0.6) is 0 Å². The van der Waals surface area contributed by atoms with E-state index in [-0.39, 0.29) is 12.1 Å². The number of nitrogens with zero attached hydrogens (tertiary/aromatic N) is 2. The predicted molar refractivity (Wildman–Crippen MR) is 59.9 cm³/mol. The number of hydrogen-bond acceptors (Lipinski definition) is 3. The Bertz CT molecular complexity index is 245. The SMILES string of the molecule is CC1C(N(C)C)CN1C(=O)OC(C)(C)C. The summed E-state index contributed by atoms with van der Waals surface area (Å²) in [5, 5.41) is 0. The smallest absolute Gasteiger partial charge is 0.410 e. The van der Waals surface area contributed by atoms with Gasteiger partial charge in [0, 0.05) is 18.6 Å². The number of carbonyl (C=O) groups excluding carboxylic acids is 1. The summed E-state index contributed by atoms with van der Waals surface area (Å²) in [6, 6.07) is 0.701. The number of amides is 1. The highest BCUT2D eigenvalue weighted by Gasteiger charge is 2.41. The van der Waals surface area contributed by atoms with Crippen LogP contribution in [0.3, 0.4) is 0 Å². The van der Waals surface area contributed by atoms with Crippen molar-refractivity contribution in [2.75, 3.05) is 20.6 Å². The third-order valence-electron chi connectivity index (χ3n) is 2.72. The fraction of sp³-hybridized carbons (Fsp3) is 0.909. The summed E-state index contributed by atoms with van der Waals surface area (Å²) in [5.74, 6) is 0. The van der Waals surface area contributed by atoms with E-state index in [4.69, 9.17) is 4.74 Å². The first kappa shape index (κ1) is 12.3. The van der Waals surface area contributed by atoms with Gasteiger partial charge in [-0.25, -0.2) is 4.79 Å². The quantitative estimate of drug-likeness (QED) is 0.664. The van der Waals surface area contributed by atoms with E-state index in [0.29, 0.717) is 6.04 Å². The molecule has 2 unspecified atom stereocenters. The summed E-state index contributed by atoms with van der Waals surface area (Å²) < 4.78 is 5.31. The molecule has 4 heteroatoms. The van der Waals surface area contributed by atoms with Gasteiger partial charge in [-0.1, -0.05) is 0 Å². The molecule has 0 radical (unpaired) electrons. The molecule has 1 heterocycles. The zero-order valence-electron chi connectivity index (χ0n) is 10.6. The first-order chi connectivity index (χ1) is 6.72. The Morgan fingerprint density at radius 1 is 1.40 bits per heavy atom. The molecule has 0 aliphatic carbocycles. The molecule has 15 heavy (non-hydrogen) atoms. The lowest BCUT2D eigenvalue weighted by Gasteiger charge is -2.49. The number of likely N-dealkylation sites (tertiary alicyclic amines) is 1. The molecule has 0 spiro atoms. The van der Waals surface area contributed by atoms with Crippen LogP contribution in [0, 0.1) is 0 Å². The van der Waals surface area contributed by atoms with Crippen molar-refractivity contribution < 1.29 is 9.53 Å². The minimum Gasteiger partial charge on any atom is -0.444 e. The Balaban J connectivity index is 2.46. The lowest BCUT2D eigenvalue weighted by atomic mass is 9.98. The second-order valence-corrected chi connectivity index (χ2v) is 5.40. The van der Waals surface area contributed by atoms with Crippen LogP contribution >= 0.6 is 0 Å². The highest BCUT2D eigenvalue weighted by atomic mass is 16.6. The van der Waals surface area contributed by atoms with Gasteiger partial charge < -0.3 is 14.5 Å². The number of hydrogen-bond donors (Lipinski definition) is 0. The molecule has 0 bridgehead atoms. The van der Waals surface area contributed by atoms with Crippen LogP contribution in [0.25, 0.3) is 0 Å². The van der Waals surface area contributed by atoms with E-state index in [2.05, 4.69) is 11.8 Å². The normalized spacial score (nSPS) is 26.5. The summed E-state index contributed by atoms with van der Waals surface area (Å²) >= 11 is 0. The number of ether oxygens (including phenoxy) is 1. The van der Waals surface area contributed by atoms with E-state index >= 15 is 0 Å². The van der Waals surface area contributed by atoms with Gasteiger partial charge in [-0.2, -0.15) is 0 Å². The molecule has 4 nitrogen and oxygen atoms in total.